The standard InChI is InChI=1S/C21H41NO4S/c1-3-4-5-6-7-8-9-10-11-12-13-14-15-16-17-18-21(23)26-27(24,25)20-19-22-2/h10-11,22H,3-9,12-20H2,1-2H3. The second-order valence-corrected chi connectivity index (χ2v) is 8.85. The summed E-state index contributed by atoms with van der Waals surface area (Å²) in [5.74, 6) is -0.814. The van der Waals surface area contributed by atoms with Crippen molar-refractivity contribution < 1.29 is 17.4 Å². The maximum atomic E-state index is 11.5. The summed E-state index contributed by atoms with van der Waals surface area (Å²) in [5.41, 5.74) is 0. The Balaban J connectivity index is 3.42. The lowest BCUT2D eigenvalue weighted by molar-refractivity contribution is -0.133. The van der Waals surface area contributed by atoms with Crippen LogP contribution in [0.4, 0.5) is 0 Å². The number of allylic oxidation sites excluding steroid dienone is 2. The van der Waals surface area contributed by atoms with Crippen molar-refractivity contribution in [3.05, 3.63) is 12.2 Å². The summed E-state index contributed by atoms with van der Waals surface area (Å²) in [6.45, 7) is 2.53. The SMILES string of the molecule is CCCCCCCCC=CCCCCCCCC(=O)OS(=O)(=O)CCNC. The molecule has 0 aliphatic rings. The Morgan fingerprint density at radius 3 is 1.93 bits per heavy atom. The maximum Gasteiger partial charge on any atom is 0.322 e. The monoisotopic (exact) mass is 403 g/mol. The molecular weight excluding hydrogens is 362 g/mol. The molecule has 27 heavy (non-hydrogen) atoms. The third-order valence-electron chi connectivity index (χ3n) is 4.46. The zero-order valence-electron chi connectivity index (χ0n) is 17.5. The van der Waals surface area contributed by atoms with Crippen LogP contribution in [-0.4, -0.2) is 33.7 Å². The van der Waals surface area contributed by atoms with Crippen LogP contribution in [0.15, 0.2) is 12.2 Å². The summed E-state index contributed by atoms with van der Waals surface area (Å²) < 4.78 is 27.5. The molecule has 1 N–H and O–H groups in total. The zero-order valence-corrected chi connectivity index (χ0v) is 18.3. The first-order valence-corrected chi connectivity index (χ1v) is 12.3. The highest BCUT2D eigenvalue weighted by Gasteiger charge is 2.15. The highest BCUT2D eigenvalue weighted by atomic mass is 32.2. The molecule has 0 aromatic heterocycles. The molecule has 0 unspecified atom stereocenters. The molecule has 0 saturated carbocycles. The second kappa shape index (κ2) is 18.5. The first kappa shape index (κ1) is 26.1. The highest BCUT2D eigenvalue weighted by molar-refractivity contribution is 7.87. The van der Waals surface area contributed by atoms with Gasteiger partial charge in [-0.05, 0) is 39.2 Å². The third-order valence-corrected chi connectivity index (χ3v) is 5.61. The van der Waals surface area contributed by atoms with E-state index in [4.69, 9.17) is 0 Å². The van der Waals surface area contributed by atoms with Crippen LogP contribution in [0.3, 0.4) is 0 Å². The summed E-state index contributed by atoms with van der Waals surface area (Å²) in [5, 5.41) is 2.72. The average Bonchev–Trinajstić information content (AvgIpc) is 2.63. The van der Waals surface area contributed by atoms with Gasteiger partial charge < -0.3 is 9.50 Å². The van der Waals surface area contributed by atoms with Gasteiger partial charge in [0.05, 0.1) is 5.75 Å². The lowest BCUT2D eigenvalue weighted by Crippen LogP contribution is -2.23. The van der Waals surface area contributed by atoms with Crippen LogP contribution < -0.4 is 5.32 Å². The van der Waals surface area contributed by atoms with Crippen LogP contribution in [-0.2, 0) is 19.1 Å². The first-order valence-electron chi connectivity index (χ1n) is 10.8. The van der Waals surface area contributed by atoms with Crippen molar-refractivity contribution in [2.24, 2.45) is 0 Å². The van der Waals surface area contributed by atoms with E-state index in [9.17, 15) is 13.2 Å². The van der Waals surface area contributed by atoms with Crippen molar-refractivity contribution in [1.29, 1.82) is 0 Å². The number of carbonyl (C=O) groups is 1. The molecular formula is C21H41NO4S. The Morgan fingerprint density at radius 2 is 1.37 bits per heavy atom. The fourth-order valence-corrected chi connectivity index (χ4v) is 3.70. The minimum absolute atomic E-state index is 0.178. The number of nitrogens with one attached hydrogen (secondary N) is 1. The minimum atomic E-state index is -3.73. The Morgan fingerprint density at radius 1 is 0.852 bits per heavy atom. The van der Waals surface area contributed by atoms with Gasteiger partial charge >= 0.3 is 16.1 Å². The molecule has 0 heterocycles. The molecule has 0 fully saturated rings. The van der Waals surface area contributed by atoms with Crippen LogP contribution in [0, 0.1) is 0 Å². The Labute approximate surface area is 167 Å². The molecule has 0 aromatic carbocycles. The van der Waals surface area contributed by atoms with E-state index < -0.39 is 16.1 Å². The summed E-state index contributed by atoms with van der Waals surface area (Å²) in [4.78, 5) is 11.5. The molecule has 5 nitrogen and oxygen atoms in total. The van der Waals surface area contributed by atoms with Crippen molar-refractivity contribution in [3.63, 3.8) is 0 Å². The average molecular weight is 404 g/mol. The predicted molar refractivity (Wildman–Crippen MR) is 113 cm³/mol. The smallest absolute Gasteiger partial charge is 0.322 e. The van der Waals surface area contributed by atoms with E-state index in [-0.39, 0.29) is 18.7 Å². The van der Waals surface area contributed by atoms with Gasteiger partial charge in [-0.1, -0.05) is 70.4 Å². The molecule has 0 bridgehead atoms. The van der Waals surface area contributed by atoms with Crippen LogP contribution in [0.25, 0.3) is 0 Å². The molecule has 0 aliphatic carbocycles. The zero-order chi connectivity index (χ0) is 20.2. The van der Waals surface area contributed by atoms with Crippen molar-refractivity contribution >= 4 is 16.1 Å². The largest absolute Gasteiger partial charge is 0.346 e. The lowest BCUT2D eigenvalue weighted by atomic mass is 10.1. The van der Waals surface area contributed by atoms with Crippen molar-refractivity contribution in [1.82, 2.24) is 5.32 Å². The number of rotatable bonds is 19. The number of hydrogen-bond acceptors (Lipinski definition) is 5. The molecule has 0 rings (SSSR count). The topological polar surface area (TPSA) is 72.5 Å². The van der Waals surface area contributed by atoms with E-state index >= 15 is 0 Å². The number of hydrogen-bond donors (Lipinski definition) is 1. The van der Waals surface area contributed by atoms with Crippen molar-refractivity contribution in [2.75, 3.05) is 19.3 Å². The fourth-order valence-electron chi connectivity index (χ4n) is 2.79. The quantitative estimate of drug-likeness (QED) is 0.184. The van der Waals surface area contributed by atoms with Crippen LogP contribution >= 0.6 is 0 Å². The predicted octanol–water partition coefficient (Wildman–Crippen LogP) is 5.12. The molecule has 6 heteroatoms. The maximum absolute atomic E-state index is 11.5. The van der Waals surface area contributed by atoms with E-state index in [1.54, 1.807) is 7.05 Å². The van der Waals surface area contributed by atoms with Gasteiger partial charge in [0.1, 0.15) is 0 Å². The molecule has 0 aliphatic heterocycles. The Bertz CT molecular complexity index is 475. The van der Waals surface area contributed by atoms with Gasteiger partial charge in [-0.3, -0.25) is 4.79 Å². The van der Waals surface area contributed by atoms with E-state index in [1.807, 2.05) is 0 Å². The third kappa shape index (κ3) is 19.7. The van der Waals surface area contributed by atoms with Gasteiger partial charge in [0.2, 0.25) is 0 Å². The molecule has 0 saturated heterocycles. The van der Waals surface area contributed by atoms with Crippen LogP contribution in [0.2, 0.25) is 0 Å². The van der Waals surface area contributed by atoms with E-state index in [2.05, 4.69) is 28.6 Å². The fraction of sp³-hybridized carbons (Fsp3) is 0.857. The molecule has 0 aromatic rings. The first-order chi connectivity index (χ1) is 13.0. The highest BCUT2D eigenvalue weighted by Crippen LogP contribution is 2.10. The van der Waals surface area contributed by atoms with E-state index in [0.29, 0.717) is 6.42 Å². The summed E-state index contributed by atoms with van der Waals surface area (Å²) in [6.07, 6.45) is 20.2. The Hall–Kier alpha value is -0.880. The van der Waals surface area contributed by atoms with Gasteiger partial charge in [-0.25, -0.2) is 0 Å². The molecule has 0 amide bonds. The van der Waals surface area contributed by atoms with Gasteiger partial charge in [0.25, 0.3) is 0 Å². The van der Waals surface area contributed by atoms with Gasteiger partial charge in [-0.2, -0.15) is 8.42 Å². The van der Waals surface area contributed by atoms with Crippen molar-refractivity contribution in [2.45, 2.75) is 96.8 Å². The number of unbranched alkanes of at least 4 members (excludes halogenated alkanes) is 11. The molecule has 0 atom stereocenters. The molecule has 0 spiro atoms. The van der Waals surface area contributed by atoms with E-state index in [1.165, 1.54) is 51.4 Å². The van der Waals surface area contributed by atoms with Gasteiger partial charge in [0, 0.05) is 13.0 Å². The van der Waals surface area contributed by atoms with Gasteiger partial charge in [-0.15, -0.1) is 0 Å². The van der Waals surface area contributed by atoms with Gasteiger partial charge in [0.15, 0.2) is 0 Å². The molecule has 160 valence electrons. The molecule has 0 radical (unpaired) electrons. The van der Waals surface area contributed by atoms with Crippen LogP contribution in [0.1, 0.15) is 96.8 Å². The van der Waals surface area contributed by atoms with E-state index in [0.717, 1.165) is 25.7 Å². The Kier molecular flexibility index (Phi) is 17.9. The van der Waals surface area contributed by atoms with Crippen molar-refractivity contribution in [3.8, 4) is 0 Å². The summed E-state index contributed by atoms with van der Waals surface area (Å²) in [6, 6.07) is 0. The number of carbonyl (C=O) groups excluding carboxylic acids is 1. The lowest BCUT2D eigenvalue weighted by Gasteiger charge is -2.05. The minimum Gasteiger partial charge on any atom is -0.346 e. The van der Waals surface area contributed by atoms with Crippen LogP contribution in [0.5, 0.6) is 0 Å². The normalized spacial score (nSPS) is 11.9. The summed E-state index contributed by atoms with van der Waals surface area (Å²) >= 11 is 0. The summed E-state index contributed by atoms with van der Waals surface area (Å²) in [7, 11) is -2.08. The second-order valence-electron chi connectivity index (χ2n) is 7.15.